The van der Waals surface area contributed by atoms with Crippen LogP contribution in [0.3, 0.4) is 0 Å². The third-order valence-electron chi connectivity index (χ3n) is 3.67. The maximum absolute atomic E-state index is 11.5. The van der Waals surface area contributed by atoms with E-state index in [-0.39, 0.29) is 17.0 Å². The lowest BCUT2D eigenvalue weighted by atomic mass is 10.0. The number of sulfone groups is 1. The summed E-state index contributed by atoms with van der Waals surface area (Å²) < 4.78 is 28.8. The number of fused-ring (bicyclic) bond motifs is 1. The zero-order valence-electron chi connectivity index (χ0n) is 10.8. The molecule has 1 atom stereocenters. The van der Waals surface area contributed by atoms with Crippen LogP contribution in [0.5, 0.6) is 0 Å². The van der Waals surface area contributed by atoms with Crippen LogP contribution in [0.4, 0.5) is 0 Å². The zero-order chi connectivity index (χ0) is 13.5. The van der Waals surface area contributed by atoms with Crippen molar-refractivity contribution in [3.05, 3.63) is 36.1 Å². The Labute approximate surface area is 112 Å². The van der Waals surface area contributed by atoms with Gasteiger partial charge in [-0.25, -0.2) is 8.42 Å². The maximum Gasteiger partial charge on any atom is 0.152 e. The van der Waals surface area contributed by atoms with Crippen molar-refractivity contribution in [3.8, 4) is 0 Å². The average molecular weight is 279 g/mol. The highest BCUT2D eigenvalue weighted by molar-refractivity contribution is 7.91. The second-order valence-corrected chi connectivity index (χ2v) is 7.69. The molecule has 102 valence electrons. The molecule has 1 aromatic carbocycles. The lowest BCUT2D eigenvalue weighted by Crippen LogP contribution is -2.42. The van der Waals surface area contributed by atoms with Crippen LogP contribution in [-0.2, 0) is 16.4 Å². The molecule has 19 heavy (non-hydrogen) atoms. The molecular weight excluding hydrogens is 262 g/mol. The Hall–Kier alpha value is -1.33. The van der Waals surface area contributed by atoms with Gasteiger partial charge in [0, 0.05) is 10.9 Å². The summed E-state index contributed by atoms with van der Waals surface area (Å²) in [5, 5.41) is 4.39. The van der Waals surface area contributed by atoms with Gasteiger partial charge in [-0.3, -0.25) is 0 Å². The van der Waals surface area contributed by atoms with E-state index in [0.717, 1.165) is 16.7 Å². The summed E-state index contributed by atoms with van der Waals surface area (Å²) in [6.07, 6.45) is 0.662. The summed E-state index contributed by atoms with van der Waals surface area (Å²) in [7, 11) is -2.88. The smallest absolute Gasteiger partial charge is 0.152 e. The number of furan rings is 1. The molecule has 1 N–H and O–H groups in total. The van der Waals surface area contributed by atoms with Crippen LogP contribution in [0.1, 0.15) is 19.1 Å². The van der Waals surface area contributed by atoms with Crippen molar-refractivity contribution < 1.29 is 12.8 Å². The van der Waals surface area contributed by atoms with Crippen LogP contribution in [0.2, 0.25) is 0 Å². The van der Waals surface area contributed by atoms with Crippen molar-refractivity contribution in [1.82, 2.24) is 5.32 Å². The van der Waals surface area contributed by atoms with Gasteiger partial charge in [-0.05, 0) is 25.5 Å². The van der Waals surface area contributed by atoms with Crippen molar-refractivity contribution >= 4 is 20.8 Å². The molecule has 1 aromatic heterocycles. The Morgan fingerprint density at radius 1 is 1.37 bits per heavy atom. The molecule has 0 amide bonds. The second kappa shape index (κ2) is 4.35. The first-order valence-corrected chi connectivity index (χ1v) is 8.21. The fourth-order valence-corrected chi connectivity index (χ4v) is 4.70. The predicted octanol–water partition coefficient (Wildman–Crippen LogP) is 2.10. The van der Waals surface area contributed by atoms with Gasteiger partial charge in [0.05, 0.1) is 18.1 Å². The number of benzene rings is 1. The molecule has 1 fully saturated rings. The molecule has 0 bridgehead atoms. The molecule has 1 unspecified atom stereocenters. The van der Waals surface area contributed by atoms with Crippen LogP contribution < -0.4 is 5.32 Å². The van der Waals surface area contributed by atoms with Gasteiger partial charge in [0.2, 0.25) is 0 Å². The third-order valence-corrected chi connectivity index (χ3v) is 5.57. The van der Waals surface area contributed by atoms with E-state index in [1.54, 1.807) is 0 Å². The van der Waals surface area contributed by atoms with E-state index in [2.05, 4.69) is 5.32 Å². The van der Waals surface area contributed by atoms with Gasteiger partial charge in [0.1, 0.15) is 11.3 Å². The van der Waals surface area contributed by atoms with E-state index in [4.69, 9.17) is 4.42 Å². The van der Waals surface area contributed by atoms with E-state index in [9.17, 15) is 8.42 Å². The molecule has 5 heteroatoms. The first kappa shape index (κ1) is 12.7. The predicted molar refractivity (Wildman–Crippen MR) is 74.7 cm³/mol. The number of para-hydroxylation sites is 1. The third kappa shape index (κ3) is 2.67. The highest BCUT2D eigenvalue weighted by atomic mass is 32.2. The molecule has 0 radical (unpaired) electrons. The van der Waals surface area contributed by atoms with Gasteiger partial charge >= 0.3 is 0 Å². The fraction of sp³-hybridized carbons (Fsp3) is 0.429. The second-order valence-electron chi connectivity index (χ2n) is 5.51. The monoisotopic (exact) mass is 279 g/mol. The van der Waals surface area contributed by atoms with E-state index in [0.29, 0.717) is 13.0 Å². The largest absolute Gasteiger partial charge is 0.460 e. The molecule has 0 aliphatic carbocycles. The Kier molecular flexibility index (Phi) is 2.91. The fourth-order valence-electron chi connectivity index (χ4n) is 2.57. The van der Waals surface area contributed by atoms with Crippen LogP contribution in [-0.4, -0.2) is 25.5 Å². The van der Waals surface area contributed by atoms with Crippen LogP contribution in [0.15, 0.2) is 34.7 Å². The number of rotatable bonds is 3. The first-order valence-electron chi connectivity index (χ1n) is 6.39. The highest BCUT2D eigenvalue weighted by Crippen LogP contribution is 2.24. The molecule has 0 spiro atoms. The average Bonchev–Trinajstić information content (AvgIpc) is 2.88. The summed E-state index contributed by atoms with van der Waals surface area (Å²) >= 11 is 0. The molecule has 4 nitrogen and oxygen atoms in total. The van der Waals surface area contributed by atoms with Crippen molar-refractivity contribution in [2.24, 2.45) is 0 Å². The summed E-state index contributed by atoms with van der Waals surface area (Å²) in [5.41, 5.74) is 0.529. The van der Waals surface area contributed by atoms with Gasteiger partial charge < -0.3 is 9.73 Å². The van der Waals surface area contributed by atoms with Crippen molar-refractivity contribution in [2.75, 3.05) is 11.5 Å². The summed E-state index contributed by atoms with van der Waals surface area (Å²) in [6.45, 7) is 2.51. The minimum absolute atomic E-state index is 0.209. The van der Waals surface area contributed by atoms with E-state index >= 15 is 0 Å². The SMILES string of the molecule is CC1(NCc2cc3ccccc3o2)CCS(=O)(=O)C1. The summed E-state index contributed by atoms with van der Waals surface area (Å²) in [6, 6.07) is 9.84. The quantitative estimate of drug-likeness (QED) is 0.934. The number of hydrogen-bond acceptors (Lipinski definition) is 4. The van der Waals surface area contributed by atoms with E-state index in [1.165, 1.54) is 0 Å². The molecule has 1 saturated heterocycles. The Morgan fingerprint density at radius 2 is 2.16 bits per heavy atom. The van der Waals surface area contributed by atoms with E-state index in [1.807, 2.05) is 37.3 Å². The molecule has 1 aliphatic rings. The van der Waals surface area contributed by atoms with Crippen molar-refractivity contribution in [3.63, 3.8) is 0 Å². The Balaban J connectivity index is 1.72. The first-order chi connectivity index (χ1) is 8.96. The summed E-state index contributed by atoms with van der Waals surface area (Å²) in [5.74, 6) is 1.32. The zero-order valence-corrected chi connectivity index (χ0v) is 11.7. The number of hydrogen-bond donors (Lipinski definition) is 1. The molecule has 0 saturated carbocycles. The van der Waals surface area contributed by atoms with Crippen LogP contribution in [0.25, 0.3) is 11.0 Å². The van der Waals surface area contributed by atoms with Crippen molar-refractivity contribution in [1.29, 1.82) is 0 Å². The molecular formula is C14H17NO3S. The Morgan fingerprint density at radius 3 is 2.84 bits per heavy atom. The number of nitrogens with one attached hydrogen (secondary N) is 1. The topological polar surface area (TPSA) is 59.3 Å². The van der Waals surface area contributed by atoms with E-state index < -0.39 is 9.84 Å². The van der Waals surface area contributed by atoms with Crippen LogP contribution in [0, 0.1) is 0 Å². The summed E-state index contributed by atoms with van der Waals surface area (Å²) in [4.78, 5) is 0. The van der Waals surface area contributed by atoms with Crippen LogP contribution >= 0.6 is 0 Å². The van der Waals surface area contributed by atoms with Crippen molar-refractivity contribution in [2.45, 2.75) is 25.4 Å². The Bertz CT molecular complexity index is 671. The standard InChI is InChI=1S/C14H17NO3S/c1-14(6-7-19(16,17)10-14)15-9-12-8-11-4-2-3-5-13(11)18-12/h2-5,8,15H,6-7,9-10H2,1H3. The van der Waals surface area contributed by atoms with Gasteiger partial charge in [-0.15, -0.1) is 0 Å². The highest BCUT2D eigenvalue weighted by Gasteiger charge is 2.37. The normalized spacial score (nSPS) is 25.9. The molecule has 1 aliphatic heterocycles. The lowest BCUT2D eigenvalue weighted by molar-refractivity contribution is 0.373. The minimum Gasteiger partial charge on any atom is -0.460 e. The molecule has 2 heterocycles. The minimum atomic E-state index is -2.88. The lowest BCUT2D eigenvalue weighted by Gasteiger charge is -2.23. The molecule has 2 aromatic rings. The maximum atomic E-state index is 11.5. The van der Waals surface area contributed by atoms with Gasteiger partial charge in [-0.1, -0.05) is 18.2 Å². The van der Waals surface area contributed by atoms with Gasteiger partial charge in [-0.2, -0.15) is 0 Å². The van der Waals surface area contributed by atoms with Gasteiger partial charge in [0.15, 0.2) is 9.84 Å². The molecule has 3 rings (SSSR count). The van der Waals surface area contributed by atoms with Gasteiger partial charge in [0.25, 0.3) is 0 Å².